The number of sulfonamides is 2. The Hall–Kier alpha value is -3.61. The van der Waals surface area contributed by atoms with Crippen molar-refractivity contribution in [3.63, 3.8) is 0 Å². The molecule has 38 heavy (non-hydrogen) atoms. The fraction of sp³-hybridized carbons (Fsp3) is 0.0385. The van der Waals surface area contributed by atoms with Gasteiger partial charge in [0.25, 0.3) is 20.0 Å². The van der Waals surface area contributed by atoms with Gasteiger partial charge in [-0.3, -0.25) is 4.98 Å². The van der Waals surface area contributed by atoms with Crippen molar-refractivity contribution in [1.82, 2.24) is 4.98 Å². The molecule has 0 bridgehead atoms. The standard InChI is InChI=1S/C12H10N.2C7H5NO3S.Au/c1-2-6-11(7-3-1)10-12-8-4-5-9-13-12;2*9-7-5-3-1-2-4-6(5)12(10,11)8-7;/h1-6,8-9H,10H2;2*1-4H,(H,8,9);/q-1;;;+3/p-2. The number of nitrogens with zero attached hydrogens (tertiary/aromatic N) is 3. The van der Waals surface area contributed by atoms with Gasteiger partial charge in [0.2, 0.25) is 0 Å². The maximum Gasteiger partial charge on any atom is 3.00 e. The van der Waals surface area contributed by atoms with Gasteiger partial charge in [-0.2, -0.15) is 61.5 Å². The van der Waals surface area contributed by atoms with Crippen molar-refractivity contribution in [1.29, 1.82) is 0 Å². The Balaban J connectivity index is 0.000000156. The van der Waals surface area contributed by atoms with Crippen molar-refractivity contribution in [2.45, 2.75) is 16.2 Å². The second kappa shape index (κ2) is 12.3. The van der Waals surface area contributed by atoms with E-state index < -0.39 is 31.8 Å². The summed E-state index contributed by atoms with van der Waals surface area (Å²) in [5, 5.41) is 21.9. The summed E-state index contributed by atoms with van der Waals surface area (Å²) < 4.78 is 50.3. The van der Waals surface area contributed by atoms with Crippen molar-refractivity contribution in [3.05, 3.63) is 126 Å². The largest absolute Gasteiger partial charge is 3.00 e. The van der Waals surface area contributed by atoms with Crippen LogP contribution >= 0.6 is 0 Å². The third-order valence-electron chi connectivity index (χ3n) is 5.07. The molecule has 3 aromatic carbocycles. The summed E-state index contributed by atoms with van der Waals surface area (Å²) in [4.78, 5) is 4.27. The van der Waals surface area contributed by atoms with Gasteiger partial charge in [0, 0.05) is 34.8 Å². The molecule has 9 nitrogen and oxygen atoms in total. The molecule has 0 saturated heterocycles. The van der Waals surface area contributed by atoms with Gasteiger partial charge in [-0.15, -0.1) is 0 Å². The molecule has 0 radical (unpaired) electrons. The zero-order chi connectivity index (χ0) is 26.5. The van der Waals surface area contributed by atoms with Crippen LogP contribution in [0.4, 0.5) is 0 Å². The van der Waals surface area contributed by atoms with Crippen molar-refractivity contribution in [2.24, 2.45) is 8.80 Å². The fourth-order valence-corrected chi connectivity index (χ4v) is 5.59. The van der Waals surface area contributed by atoms with Crippen LogP contribution in [0.15, 0.2) is 116 Å². The normalized spacial score (nSPS) is 15.1. The van der Waals surface area contributed by atoms with Crippen LogP contribution in [-0.2, 0) is 48.8 Å². The molecule has 0 spiro atoms. The van der Waals surface area contributed by atoms with Gasteiger partial charge >= 0.3 is 22.4 Å². The van der Waals surface area contributed by atoms with E-state index in [-0.39, 0.29) is 43.3 Å². The van der Waals surface area contributed by atoms with Gasteiger partial charge in [0.1, 0.15) is 0 Å². The van der Waals surface area contributed by atoms with Crippen molar-refractivity contribution >= 4 is 31.8 Å². The average molecular weight is 730 g/mol. The molecule has 2 aliphatic rings. The van der Waals surface area contributed by atoms with E-state index in [9.17, 15) is 27.0 Å². The predicted molar refractivity (Wildman–Crippen MR) is 133 cm³/mol. The summed E-state index contributed by atoms with van der Waals surface area (Å²) in [6.45, 7) is 0. The van der Waals surface area contributed by atoms with Crippen LogP contribution in [0.2, 0.25) is 0 Å². The Bertz CT molecular complexity index is 1570. The molecule has 6 rings (SSSR count). The third-order valence-corrected chi connectivity index (χ3v) is 7.70. The first kappa shape index (κ1) is 29.0. The topological polar surface area (TPSA) is 152 Å². The van der Waals surface area contributed by atoms with Gasteiger partial charge in [0.15, 0.2) is 0 Å². The van der Waals surface area contributed by atoms with E-state index in [0.29, 0.717) is 0 Å². The van der Waals surface area contributed by atoms with Crippen molar-refractivity contribution in [3.8, 4) is 0 Å². The van der Waals surface area contributed by atoms with Crippen LogP contribution in [0.1, 0.15) is 22.4 Å². The molecule has 1 aromatic heterocycles. The molecule has 0 saturated carbocycles. The van der Waals surface area contributed by atoms with E-state index in [2.05, 4.69) is 25.9 Å². The average Bonchev–Trinajstić information content (AvgIpc) is 3.28. The molecule has 0 unspecified atom stereocenters. The van der Waals surface area contributed by atoms with Gasteiger partial charge < -0.3 is 10.2 Å². The number of hydrogen-bond donors (Lipinski definition) is 0. The first-order valence-corrected chi connectivity index (χ1v) is 13.6. The Morgan fingerprint density at radius 2 is 1.16 bits per heavy atom. The fourth-order valence-electron chi connectivity index (χ4n) is 3.39. The van der Waals surface area contributed by atoms with Crippen LogP contribution in [0.3, 0.4) is 0 Å². The number of rotatable bonds is 2. The molecule has 2 aliphatic heterocycles. The minimum absolute atomic E-state index is 0. The van der Waals surface area contributed by atoms with E-state index in [0.717, 1.165) is 12.1 Å². The molecule has 3 heterocycles. The number of hydrogen-bond acceptors (Lipinski definition) is 7. The number of benzene rings is 3. The molecule has 0 amide bonds. The molecule has 0 aliphatic carbocycles. The van der Waals surface area contributed by atoms with Gasteiger partial charge in [-0.25, -0.2) is 0 Å². The Morgan fingerprint density at radius 1 is 0.658 bits per heavy atom. The summed E-state index contributed by atoms with van der Waals surface area (Å²) in [5.41, 5.74) is 2.60. The van der Waals surface area contributed by atoms with Crippen LogP contribution in [0.5, 0.6) is 0 Å². The van der Waals surface area contributed by atoms with Gasteiger partial charge in [0.05, 0.1) is 9.79 Å². The van der Waals surface area contributed by atoms with Gasteiger partial charge in [-0.05, 0) is 30.7 Å². The Labute approximate surface area is 235 Å². The maximum absolute atomic E-state index is 11.1. The number of aromatic nitrogens is 1. The number of fused-ring (bicyclic) bond motifs is 2. The second-order valence-corrected chi connectivity index (χ2v) is 10.8. The molecule has 0 N–H and O–H groups in total. The molecule has 0 fully saturated rings. The predicted octanol–water partition coefficient (Wildman–Crippen LogP) is 1.46. The van der Waals surface area contributed by atoms with Crippen LogP contribution in [0, 0.1) is 6.07 Å². The zero-order valence-corrected chi connectivity index (χ0v) is 23.2. The molecule has 0 atom stereocenters. The number of pyridine rings is 1. The second-order valence-electron chi connectivity index (χ2n) is 7.62. The monoisotopic (exact) mass is 729 g/mol. The minimum Gasteiger partial charge on any atom is -0.858 e. The first-order chi connectivity index (χ1) is 17.7. The quantitative estimate of drug-likeness (QED) is 0.224. The molecule has 196 valence electrons. The minimum atomic E-state index is -3.68. The van der Waals surface area contributed by atoms with E-state index >= 15 is 0 Å². The summed E-state index contributed by atoms with van der Waals surface area (Å²) >= 11 is 0. The van der Waals surface area contributed by atoms with Crippen molar-refractivity contribution < 1.29 is 49.4 Å². The van der Waals surface area contributed by atoms with E-state index in [1.54, 1.807) is 24.3 Å². The van der Waals surface area contributed by atoms with Crippen LogP contribution < -0.4 is 10.2 Å². The molecular formula is C26H18AuN3O6S2. The Morgan fingerprint density at radius 3 is 1.61 bits per heavy atom. The molecule has 12 heteroatoms. The Kier molecular flexibility index (Phi) is 9.36. The SMILES string of the molecule is O=S1(=O)N=C([O-])c2ccccc21.O=S1(=O)N=C([O-])c2ccccc21.[Au+3].[c-]1ccccc1Cc1ccccn1. The zero-order valence-electron chi connectivity index (χ0n) is 19.4. The maximum atomic E-state index is 11.1. The summed E-state index contributed by atoms with van der Waals surface area (Å²) in [5.74, 6) is -1.35. The van der Waals surface area contributed by atoms with E-state index in [1.165, 1.54) is 29.8 Å². The van der Waals surface area contributed by atoms with Crippen LogP contribution in [-0.4, -0.2) is 33.6 Å². The first-order valence-electron chi connectivity index (χ1n) is 10.8. The molecule has 4 aromatic rings. The van der Waals surface area contributed by atoms with Gasteiger partial charge in [-0.1, -0.05) is 42.5 Å². The summed E-state index contributed by atoms with van der Waals surface area (Å²) in [6.07, 6.45) is 2.68. The molecular weight excluding hydrogens is 711 g/mol. The smallest absolute Gasteiger partial charge is 0.858 e. The third kappa shape index (κ3) is 6.82. The summed E-state index contributed by atoms with van der Waals surface area (Å²) in [7, 11) is -7.36. The van der Waals surface area contributed by atoms with E-state index in [1.807, 2.05) is 42.6 Å². The summed E-state index contributed by atoms with van der Waals surface area (Å²) in [6, 6.07) is 29.1. The van der Waals surface area contributed by atoms with Crippen molar-refractivity contribution in [2.75, 3.05) is 0 Å². The van der Waals surface area contributed by atoms with Crippen LogP contribution in [0.25, 0.3) is 0 Å². The van der Waals surface area contributed by atoms with E-state index in [4.69, 9.17) is 0 Å².